The van der Waals surface area contributed by atoms with E-state index in [1.807, 2.05) is 16.8 Å². The number of anilines is 1. The Morgan fingerprint density at radius 2 is 1.85 bits per heavy atom. The molecule has 8 nitrogen and oxygen atoms in total. The van der Waals surface area contributed by atoms with Gasteiger partial charge in [0.15, 0.2) is 0 Å². The number of hydrazine groups is 1. The smallest absolute Gasteiger partial charge is 0.340 e. The largest absolute Gasteiger partial charge is 0.462 e. The van der Waals surface area contributed by atoms with Crippen LogP contribution in [0.15, 0.2) is 43.0 Å². The molecule has 2 unspecified atom stereocenters. The number of hydrogen-bond acceptors (Lipinski definition) is 6. The van der Waals surface area contributed by atoms with Gasteiger partial charge in [0, 0.05) is 12.4 Å². The van der Waals surface area contributed by atoms with E-state index in [0.29, 0.717) is 17.7 Å². The van der Waals surface area contributed by atoms with Gasteiger partial charge in [0.2, 0.25) is 5.91 Å². The van der Waals surface area contributed by atoms with Crippen molar-refractivity contribution in [2.45, 2.75) is 82.8 Å². The molecule has 2 atom stereocenters. The van der Waals surface area contributed by atoms with Crippen LogP contribution in [0.3, 0.4) is 0 Å². The molecule has 0 spiro atoms. The van der Waals surface area contributed by atoms with Crippen LogP contribution in [0.25, 0.3) is 0 Å². The first-order valence-electron chi connectivity index (χ1n) is 12.7. The van der Waals surface area contributed by atoms with Crippen LogP contribution in [0, 0.1) is 5.92 Å². The number of rotatable bonds is 6. The fourth-order valence-electron chi connectivity index (χ4n) is 5.39. The fraction of sp³-hybridized carbons (Fsp3) is 0.577. The number of nitrogens with one attached hydrogen (secondary N) is 3. The van der Waals surface area contributed by atoms with Gasteiger partial charge < -0.3 is 14.6 Å². The maximum Gasteiger partial charge on any atom is 0.340 e. The van der Waals surface area contributed by atoms with Crippen LogP contribution in [0.5, 0.6) is 0 Å². The quantitative estimate of drug-likeness (QED) is 0.538. The van der Waals surface area contributed by atoms with Gasteiger partial charge in [-0.15, -0.1) is 0 Å². The zero-order chi connectivity index (χ0) is 23.8. The summed E-state index contributed by atoms with van der Waals surface area (Å²) >= 11 is 0. The van der Waals surface area contributed by atoms with E-state index < -0.39 is 11.5 Å². The third kappa shape index (κ3) is 5.50. The van der Waals surface area contributed by atoms with Gasteiger partial charge in [-0.05, 0) is 50.7 Å². The molecular formula is C26H37N5O3. The molecule has 2 fully saturated rings. The summed E-state index contributed by atoms with van der Waals surface area (Å²) < 4.78 is 7.23. The summed E-state index contributed by atoms with van der Waals surface area (Å²) in [5, 5.41) is 3.10. The van der Waals surface area contributed by atoms with E-state index in [0.717, 1.165) is 32.1 Å². The van der Waals surface area contributed by atoms with Crippen molar-refractivity contribution in [3.63, 3.8) is 0 Å². The predicted molar refractivity (Wildman–Crippen MR) is 131 cm³/mol. The number of nitrogens with zero attached hydrogens (tertiary/aromatic N) is 2. The van der Waals surface area contributed by atoms with E-state index in [9.17, 15) is 9.59 Å². The Morgan fingerprint density at radius 3 is 2.50 bits per heavy atom. The number of carbonyl (C=O) groups excluding carboxylic acids is 2. The van der Waals surface area contributed by atoms with E-state index in [-0.39, 0.29) is 24.6 Å². The summed E-state index contributed by atoms with van der Waals surface area (Å²) in [6.45, 7) is 2.06. The maximum absolute atomic E-state index is 14.0. The Kier molecular flexibility index (Phi) is 8.34. The summed E-state index contributed by atoms with van der Waals surface area (Å²) in [6, 6.07) is 7.08. The third-order valence-corrected chi connectivity index (χ3v) is 7.29. The van der Waals surface area contributed by atoms with Crippen molar-refractivity contribution in [3.8, 4) is 0 Å². The van der Waals surface area contributed by atoms with Crippen LogP contribution in [0.1, 0.15) is 87.7 Å². The Hall–Kier alpha value is -2.71. The second-order valence-electron chi connectivity index (χ2n) is 9.42. The molecule has 1 amide bonds. The van der Waals surface area contributed by atoms with Crippen molar-refractivity contribution >= 4 is 17.6 Å². The summed E-state index contributed by atoms with van der Waals surface area (Å²) in [5.74, 6) is -0.313. The molecule has 1 aromatic carbocycles. The number of hydrogen-bond donors (Lipinski definition) is 3. The molecule has 3 N–H and O–H groups in total. The topological polar surface area (TPSA) is 97.3 Å². The summed E-state index contributed by atoms with van der Waals surface area (Å²) in [6.07, 6.45) is 16.3. The zero-order valence-corrected chi connectivity index (χ0v) is 20.1. The lowest BCUT2D eigenvalue weighted by atomic mass is 9.73. The summed E-state index contributed by atoms with van der Waals surface area (Å²) in [5.41, 5.74) is 6.99. The molecule has 1 aromatic heterocycles. The second kappa shape index (κ2) is 11.6. The highest BCUT2D eigenvalue weighted by Gasteiger charge is 2.48. The molecule has 2 heterocycles. The molecule has 2 aliphatic rings. The number of carbonyl (C=O) groups is 2. The van der Waals surface area contributed by atoms with Gasteiger partial charge in [0.1, 0.15) is 5.54 Å². The summed E-state index contributed by atoms with van der Waals surface area (Å²) in [4.78, 5) is 30.7. The number of aromatic nitrogens is 2. The molecule has 8 heteroatoms. The highest BCUT2D eigenvalue weighted by atomic mass is 16.5. The zero-order valence-electron chi connectivity index (χ0n) is 20.1. The summed E-state index contributed by atoms with van der Waals surface area (Å²) in [7, 11) is 0. The Labute approximate surface area is 201 Å². The van der Waals surface area contributed by atoms with Crippen molar-refractivity contribution in [3.05, 3.63) is 48.5 Å². The van der Waals surface area contributed by atoms with Crippen molar-refractivity contribution in [2.24, 2.45) is 5.92 Å². The molecule has 0 bridgehead atoms. The minimum absolute atomic E-state index is 0.0339. The highest BCUT2D eigenvalue weighted by molar-refractivity contribution is 6.04. The molecule has 1 aliphatic heterocycles. The first kappa shape index (κ1) is 24.4. The Morgan fingerprint density at radius 1 is 1.12 bits per heavy atom. The maximum atomic E-state index is 14.0. The molecule has 1 saturated heterocycles. The number of benzene rings is 1. The van der Waals surface area contributed by atoms with Gasteiger partial charge >= 0.3 is 5.97 Å². The SMILES string of the molecule is CCOC(=O)c1ccccc1NC(=O)C1(C2CCCCCCCC2)CCC(n2ccnc2)NN1. The fourth-order valence-corrected chi connectivity index (χ4v) is 5.39. The third-order valence-electron chi connectivity index (χ3n) is 7.29. The van der Waals surface area contributed by atoms with Gasteiger partial charge in [-0.25, -0.2) is 20.6 Å². The first-order valence-corrected chi connectivity index (χ1v) is 12.7. The molecular weight excluding hydrogens is 430 g/mol. The molecule has 0 radical (unpaired) electrons. The monoisotopic (exact) mass is 467 g/mol. The lowest BCUT2D eigenvalue weighted by molar-refractivity contribution is -0.128. The van der Waals surface area contributed by atoms with E-state index >= 15 is 0 Å². The standard InChI is InChI=1S/C26H37N5O3/c1-2-34-24(32)21-13-9-10-14-22(21)28-25(33)26(20-11-7-5-3-4-6-8-12-20)16-15-23(29-30-26)31-18-17-27-19-31/h9-10,13-14,17-20,23,29-30H,2-8,11-12,15-16H2,1H3,(H,28,33). The van der Waals surface area contributed by atoms with Crippen molar-refractivity contribution < 1.29 is 14.3 Å². The number of para-hydroxylation sites is 1. The average Bonchev–Trinajstić information content (AvgIpc) is 3.43. The number of imidazole rings is 1. The van der Waals surface area contributed by atoms with Crippen molar-refractivity contribution in [1.29, 1.82) is 0 Å². The normalized spacial score (nSPS) is 24.4. The lowest BCUT2D eigenvalue weighted by Crippen LogP contribution is -2.67. The van der Waals surface area contributed by atoms with E-state index in [1.54, 1.807) is 37.6 Å². The Bertz CT molecular complexity index is 928. The molecule has 34 heavy (non-hydrogen) atoms. The predicted octanol–water partition coefficient (Wildman–Crippen LogP) is 4.57. The van der Waals surface area contributed by atoms with Crippen LogP contribution in [0.4, 0.5) is 5.69 Å². The van der Waals surface area contributed by atoms with Gasteiger partial charge in [0.05, 0.1) is 30.4 Å². The van der Waals surface area contributed by atoms with Crippen LogP contribution in [-0.4, -0.2) is 33.6 Å². The second-order valence-corrected chi connectivity index (χ2v) is 9.42. The van der Waals surface area contributed by atoms with Gasteiger partial charge in [-0.1, -0.05) is 50.7 Å². The number of ether oxygens (including phenoxy) is 1. The number of amides is 1. The average molecular weight is 468 g/mol. The Balaban J connectivity index is 1.59. The molecule has 184 valence electrons. The lowest BCUT2D eigenvalue weighted by Gasteiger charge is -2.45. The van der Waals surface area contributed by atoms with Crippen LogP contribution >= 0.6 is 0 Å². The highest BCUT2D eigenvalue weighted by Crippen LogP contribution is 2.38. The van der Waals surface area contributed by atoms with Gasteiger partial charge in [0.25, 0.3) is 0 Å². The number of esters is 1. The van der Waals surface area contributed by atoms with Crippen molar-refractivity contribution in [1.82, 2.24) is 20.4 Å². The van der Waals surface area contributed by atoms with Crippen LogP contribution < -0.4 is 16.2 Å². The van der Waals surface area contributed by atoms with Gasteiger partial charge in [-0.3, -0.25) is 4.79 Å². The molecule has 2 aromatic rings. The first-order chi connectivity index (χ1) is 16.6. The van der Waals surface area contributed by atoms with E-state index in [1.165, 1.54) is 25.7 Å². The molecule has 1 saturated carbocycles. The van der Waals surface area contributed by atoms with Crippen LogP contribution in [0.2, 0.25) is 0 Å². The van der Waals surface area contributed by atoms with Crippen molar-refractivity contribution in [2.75, 3.05) is 11.9 Å². The van der Waals surface area contributed by atoms with E-state index in [2.05, 4.69) is 21.2 Å². The molecule has 1 aliphatic carbocycles. The minimum Gasteiger partial charge on any atom is -0.462 e. The minimum atomic E-state index is -0.761. The van der Waals surface area contributed by atoms with E-state index in [4.69, 9.17) is 4.74 Å². The van der Waals surface area contributed by atoms with Crippen LogP contribution in [-0.2, 0) is 9.53 Å². The molecule has 4 rings (SSSR count). The van der Waals surface area contributed by atoms with Gasteiger partial charge in [-0.2, -0.15) is 0 Å².